The van der Waals surface area contributed by atoms with E-state index in [1.165, 1.54) is 18.6 Å². The number of nitrogens with zero attached hydrogens (tertiary/aromatic N) is 1. The fourth-order valence-electron chi connectivity index (χ4n) is 5.13. The van der Waals surface area contributed by atoms with Gasteiger partial charge in [0, 0.05) is 35.2 Å². The van der Waals surface area contributed by atoms with Gasteiger partial charge in [0.05, 0.1) is 0 Å². The first kappa shape index (κ1) is 23.4. The molecule has 2 heterocycles. The second-order valence-corrected chi connectivity index (χ2v) is 9.87. The van der Waals surface area contributed by atoms with Gasteiger partial charge in [0.25, 0.3) is 0 Å². The number of benzene rings is 3. The molecule has 0 spiro atoms. The van der Waals surface area contributed by atoms with Crippen LogP contribution in [-0.2, 0) is 0 Å². The van der Waals surface area contributed by atoms with Crippen LogP contribution in [-0.4, -0.2) is 35.7 Å². The molecule has 1 saturated heterocycles. The maximum Gasteiger partial charge on any atom is 0.139 e. The minimum Gasteiger partial charge on any atom is -0.508 e. The van der Waals surface area contributed by atoms with Crippen molar-refractivity contribution in [3.8, 4) is 17.2 Å². The van der Waals surface area contributed by atoms with E-state index in [1.807, 2.05) is 30.3 Å². The molecule has 3 atom stereocenters. The summed E-state index contributed by atoms with van der Waals surface area (Å²) in [6, 6.07) is 20.0. The van der Waals surface area contributed by atoms with Crippen molar-refractivity contribution in [2.24, 2.45) is 5.92 Å². The number of likely N-dealkylation sites (tertiary alicyclic amines) is 1. The third kappa shape index (κ3) is 4.92. The highest BCUT2D eigenvalue weighted by Gasteiger charge is 2.29. The summed E-state index contributed by atoms with van der Waals surface area (Å²) >= 11 is 0. The molecular weight excluding hydrogens is 441 g/mol. The minimum absolute atomic E-state index is 0.0951. The topological polar surface area (TPSA) is 41.9 Å². The highest BCUT2D eigenvalue weighted by molar-refractivity contribution is 5.93. The van der Waals surface area contributed by atoms with Crippen LogP contribution in [0.4, 0.5) is 4.39 Å². The van der Waals surface area contributed by atoms with Gasteiger partial charge in [-0.15, -0.1) is 0 Å². The maximum atomic E-state index is 14.2. The van der Waals surface area contributed by atoms with Crippen molar-refractivity contribution < 1.29 is 19.0 Å². The molecule has 3 aromatic rings. The second kappa shape index (κ2) is 9.74. The van der Waals surface area contributed by atoms with Crippen molar-refractivity contribution in [3.05, 3.63) is 89.2 Å². The molecule has 5 heteroatoms. The first-order valence-electron chi connectivity index (χ1n) is 12.4. The van der Waals surface area contributed by atoms with Crippen LogP contribution in [0, 0.1) is 11.7 Å². The van der Waals surface area contributed by atoms with Gasteiger partial charge in [-0.25, -0.2) is 4.39 Å². The number of fused-ring (bicyclic) bond motifs is 1. The predicted octanol–water partition coefficient (Wildman–Crippen LogP) is 6.70. The zero-order valence-electron chi connectivity index (χ0n) is 20.5. The quantitative estimate of drug-likeness (QED) is 0.432. The molecule has 0 bridgehead atoms. The molecule has 4 nitrogen and oxygen atoms in total. The van der Waals surface area contributed by atoms with Crippen molar-refractivity contribution in [3.63, 3.8) is 0 Å². The largest absolute Gasteiger partial charge is 0.508 e. The number of halogens is 1. The fraction of sp³-hybridized carbons (Fsp3) is 0.333. The molecular formula is C30H32FNO3. The predicted molar refractivity (Wildman–Crippen MR) is 137 cm³/mol. The Hall–Kier alpha value is -3.31. The Morgan fingerprint density at radius 3 is 2.57 bits per heavy atom. The number of hydrogen-bond donors (Lipinski definition) is 1. The van der Waals surface area contributed by atoms with E-state index in [0.717, 1.165) is 47.0 Å². The van der Waals surface area contributed by atoms with Crippen molar-refractivity contribution in [2.75, 3.05) is 19.7 Å². The van der Waals surface area contributed by atoms with Crippen LogP contribution >= 0.6 is 0 Å². The Kier molecular flexibility index (Phi) is 6.52. The van der Waals surface area contributed by atoms with Gasteiger partial charge >= 0.3 is 0 Å². The first-order valence-corrected chi connectivity index (χ1v) is 12.4. The molecule has 3 aromatic carbocycles. The van der Waals surface area contributed by atoms with Gasteiger partial charge in [0.1, 0.15) is 35.4 Å². The molecule has 0 aliphatic carbocycles. The molecule has 1 unspecified atom stereocenters. The number of phenols is 1. The Morgan fingerprint density at radius 2 is 1.86 bits per heavy atom. The number of aromatic hydroxyl groups is 1. The van der Waals surface area contributed by atoms with E-state index in [1.54, 1.807) is 24.3 Å². The number of hydrogen-bond acceptors (Lipinski definition) is 4. The lowest BCUT2D eigenvalue weighted by atomic mass is 9.83. The Balaban J connectivity index is 1.43. The van der Waals surface area contributed by atoms with Crippen molar-refractivity contribution in [1.82, 2.24) is 4.90 Å². The van der Waals surface area contributed by atoms with Crippen LogP contribution in [0.15, 0.2) is 66.7 Å². The maximum absolute atomic E-state index is 14.2. The zero-order chi connectivity index (χ0) is 24.5. The van der Waals surface area contributed by atoms with E-state index in [2.05, 4.69) is 25.7 Å². The Bertz CT molecular complexity index is 1240. The monoisotopic (exact) mass is 473 g/mol. The van der Waals surface area contributed by atoms with Crippen LogP contribution in [0.2, 0.25) is 0 Å². The molecule has 1 fully saturated rings. The van der Waals surface area contributed by atoms with E-state index in [-0.39, 0.29) is 17.5 Å². The molecule has 1 N–H and O–H groups in total. The molecule has 0 amide bonds. The van der Waals surface area contributed by atoms with Gasteiger partial charge in [-0.2, -0.15) is 0 Å². The highest BCUT2D eigenvalue weighted by atomic mass is 19.1. The molecule has 5 rings (SSSR count). The molecule has 2 aliphatic heterocycles. The summed E-state index contributed by atoms with van der Waals surface area (Å²) in [4.78, 5) is 2.49. The average Bonchev–Trinajstić information content (AvgIpc) is 3.29. The summed E-state index contributed by atoms with van der Waals surface area (Å²) in [7, 11) is 0. The lowest BCUT2D eigenvalue weighted by Crippen LogP contribution is -2.35. The van der Waals surface area contributed by atoms with Gasteiger partial charge < -0.3 is 14.6 Å². The number of phenolic OH excluding ortho intramolecular Hbond substituents is 1. The Morgan fingerprint density at radius 1 is 1.06 bits per heavy atom. The lowest BCUT2D eigenvalue weighted by Gasteiger charge is -2.29. The third-order valence-corrected chi connectivity index (χ3v) is 7.17. The molecule has 0 radical (unpaired) electrons. The summed E-state index contributed by atoms with van der Waals surface area (Å²) in [5.74, 6) is 2.74. The Labute approximate surface area is 206 Å². The second-order valence-electron chi connectivity index (χ2n) is 9.87. The van der Waals surface area contributed by atoms with Crippen LogP contribution in [0.3, 0.4) is 0 Å². The SMILES string of the molecule is CC1C(c2cccc(F)c2)=C(c2ccc(OC[C@H](C)N3CC[C@@H](C)C3)cc2)Oc2ccc(O)cc21. The van der Waals surface area contributed by atoms with Crippen LogP contribution in [0.1, 0.15) is 49.8 Å². The van der Waals surface area contributed by atoms with E-state index < -0.39 is 0 Å². The average molecular weight is 474 g/mol. The summed E-state index contributed by atoms with van der Waals surface area (Å²) in [5, 5.41) is 10.0. The molecule has 2 aliphatic rings. The normalized spacial score (nSPS) is 20.9. The highest BCUT2D eigenvalue weighted by Crippen LogP contribution is 2.47. The van der Waals surface area contributed by atoms with Gasteiger partial charge in [-0.1, -0.05) is 26.0 Å². The van der Waals surface area contributed by atoms with E-state index in [9.17, 15) is 9.50 Å². The number of rotatable bonds is 6. The van der Waals surface area contributed by atoms with Gasteiger partial charge in [-0.3, -0.25) is 4.90 Å². The molecule has 0 saturated carbocycles. The molecule has 0 aromatic heterocycles. The number of allylic oxidation sites excluding steroid dienone is 1. The number of ether oxygens (including phenoxy) is 2. The lowest BCUT2D eigenvalue weighted by molar-refractivity contribution is 0.169. The van der Waals surface area contributed by atoms with Crippen LogP contribution in [0.25, 0.3) is 11.3 Å². The summed E-state index contributed by atoms with van der Waals surface area (Å²) in [5.41, 5.74) is 3.41. The van der Waals surface area contributed by atoms with Crippen LogP contribution < -0.4 is 9.47 Å². The van der Waals surface area contributed by atoms with Crippen molar-refractivity contribution >= 4 is 11.3 Å². The van der Waals surface area contributed by atoms with Crippen LogP contribution in [0.5, 0.6) is 17.2 Å². The van der Waals surface area contributed by atoms with Crippen molar-refractivity contribution in [2.45, 2.75) is 39.2 Å². The molecule has 35 heavy (non-hydrogen) atoms. The summed E-state index contributed by atoms with van der Waals surface area (Å²) < 4.78 is 26.6. The molecule has 182 valence electrons. The first-order chi connectivity index (χ1) is 16.9. The minimum atomic E-state index is -0.298. The fourth-order valence-corrected chi connectivity index (χ4v) is 5.13. The summed E-state index contributed by atoms with van der Waals surface area (Å²) in [6.45, 7) is 9.49. The van der Waals surface area contributed by atoms with E-state index >= 15 is 0 Å². The van der Waals surface area contributed by atoms with Crippen molar-refractivity contribution in [1.29, 1.82) is 0 Å². The zero-order valence-corrected chi connectivity index (χ0v) is 20.5. The van der Waals surface area contributed by atoms with E-state index in [0.29, 0.717) is 24.2 Å². The van der Waals surface area contributed by atoms with E-state index in [4.69, 9.17) is 9.47 Å². The van der Waals surface area contributed by atoms with Gasteiger partial charge in [0.15, 0.2) is 0 Å². The smallest absolute Gasteiger partial charge is 0.139 e. The standard InChI is InChI=1S/C30H32FNO3/c1-19-13-14-32(17-19)20(2)18-34-26-10-7-22(8-11-26)30-29(23-5-4-6-24(31)15-23)21(3)27-16-25(33)9-12-28(27)35-30/h4-12,15-16,19-21,33H,13-14,17-18H2,1-3H3/t19-,20+,21?/m1/s1. The van der Waals surface area contributed by atoms with Gasteiger partial charge in [-0.05, 0) is 86.0 Å². The third-order valence-electron chi connectivity index (χ3n) is 7.17. The van der Waals surface area contributed by atoms with Gasteiger partial charge in [0.2, 0.25) is 0 Å². The summed E-state index contributed by atoms with van der Waals surface area (Å²) in [6.07, 6.45) is 1.25.